The summed E-state index contributed by atoms with van der Waals surface area (Å²) in [6, 6.07) is 7.40. The summed E-state index contributed by atoms with van der Waals surface area (Å²) in [5, 5.41) is 17.2. The number of alkyl halides is 3. The highest BCUT2D eigenvalue weighted by Gasteiger charge is 2.47. The molecule has 0 radical (unpaired) electrons. The number of halogens is 3. The molecule has 2 aliphatic rings. The SMILES string of the molecule is CCC(=O)Nc1ccc(-c2noc(C3CCC4(CNC4)O3)n2)cc1.O=C(O)C(F)(F)F. The van der Waals surface area contributed by atoms with Gasteiger partial charge in [0, 0.05) is 30.8 Å². The number of carboxylic acid groups (broad SMARTS) is 1. The summed E-state index contributed by atoms with van der Waals surface area (Å²) < 4.78 is 43.2. The first-order valence-electron chi connectivity index (χ1n) is 9.54. The Kier molecular flexibility index (Phi) is 6.60. The second kappa shape index (κ2) is 9.02. The van der Waals surface area contributed by atoms with Crippen molar-refractivity contribution < 1.29 is 37.1 Å². The van der Waals surface area contributed by atoms with E-state index in [0.717, 1.165) is 37.2 Å². The quantitative estimate of drug-likeness (QED) is 0.660. The van der Waals surface area contributed by atoms with E-state index in [0.29, 0.717) is 18.1 Å². The van der Waals surface area contributed by atoms with Gasteiger partial charge in [0.1, 0.15) is 6.10 Å². The summed E-state index contributed by atoms with van der Waals surface area (Å²) in [6.45, 7) is 3.62. The minimum atomic E-state index is -5.08. The molecule has 3 heterocycles. The van der Waals surface area contributed by atoms with Gasteiger partial charge in [0.25, 0.3) is 5.89 Å². The van der Waals surface area contributed by atoms with Crippen LogP contribution in [-0.4, -0.2) is 52.0 Å². The molecule has 31 heavy (non-hydrogen) atoms. The van der Waals surface area contributed by atoms with E-state index in [-0.39, 0.29) is 17.6 Å². The first kappa shape index (κ1) is 22.7. The number of hydrogen-bond acceptors (Lipinski definition) is 7. The Morgan fingerprint density at radius 3 is 2.42 bits per heavy atom. The van der Waals surface area contributed by atoms with E-state index in [1.54, 1.807) is 0 Å². The molecule has 2 fully saturated rings. The number of hydrogen-bond donors (Lipinski definition) is 3. The zero-order valence-electron chi connectivity index (χ0n) is 16.5. The molecule has 12 heteroatoms. The molecule has 2 saturated heterocycles. The third-order valence-electron chi connectivity index (χ3n) is 4.86. The highest BCUT2D eigenvalue weighted by atomic mass is 19.4. The summed E-state index contributed by atoms with van der Waals surface area (Å²) in [5.41, 5.74) is 1.57. The largest absolute Gasteiger partial charge is 0.490 e. The molecule has 0 saturated carbocycles. The van der Waals surface area contributed by atoms with Crippen molar-refractivity contribution in [3.63, 3.8) is 0 Å². The summed E-state index contributed by atoms with van der Waals surface area (Å²) in [7, 11) is 0. The predicted molar refractivity (Wildman–Crippen MR) is 101 cm³/mol. The molecule has 0 aliphatic carbocycles. The third kappa shape index (κ3) is 5.58. The fourth-order valence-corrected chi connectivity index (χ4v) is 3.09. The van der Waals surface area contributed by atoms with Gasteiger partial charge < -0.3 is 25.0 Å². The molecule has 2 aliphatic heterocycles. The van der Waals surface area contributed by atoms with Crippen molar-refractivity contribution in [2.75, 3.05) is 18.4 Å². The minimum Gasteiger partial charge on any atom is -0.475 e. The summed E-state index contributed by atoms with van der Waals surface area (Å²) in [4.78, 5) is 24.8. The van der Waals surface area contributed by atoms with Crippen LogP contribution in [0.4, 0.5) is 18.9 Å². The van der Waals surface area contributed by atoms with Gasteiger partial charge >= 0.3 is 12.1 Å². The van der Waals surface area contributed by atoms with Crippen molar-refractivity contribution in [3.8, 4) is 11.4 Å². The molecule has 1 spiro atoms. The number of rotatable bonds is 4. The number of aliphatic carboxylic acids is 1. The molecule has 1 unspecified atom stereocenters. The highest BCUT2D eigenvalue weighted by molar-refractivity contribution is 5.90. The lowest BCUT2D eigenvalue weighted by Gasteiger charge is -2.38. The van der Waals surface area contributed by atoms with E-state index in [9.17, 15) is 18.0 Å². The Bertz CT molecular complexity index is 925. The summed E-state index contributed by atoms with van der Waals surface area (Å²) in [5.74, 6) is -1.69. The summed E-state index contributed by atoms with van der Waals surface area (Å²) in [6.07, 6.45) is -2.81. The molecular weight excluding hydrogens is 421 g/mol. The van der Waals surface area contributed by atoms with Crippen LogP contribution in [0.15, 0.2) is 28.8 Å². The molecule has 3 N–H and O–H groups in total. The standard InChI is InChI=1S/C17H20N4O3.C2HF3O2/c1-2-14(22)19-12-5-3-11(4-6-12)15-20-16(24-21-15)13-7-8-17(23-13)9-18-10-17;3-2(4,5)1(6)7/h3-6,13,18H,2,7-10H2,1H3,(H,19,22);(H,6,7). The number of ether oxygens (including phenoxy) is 1. The predicted octanol–water partition coefficient (Wildman–Crippen LogP) is 2.91. The lowest BCUT2D eigenvalue weighted by atomic mass is 9.93. The Balaban J connectivity index is 0.000000339. The third-order valence-corrected chi connectivity index (χ3v) is 4.86. The Labute approximate surface area is 175 Å². The molecule has 4 rings (SSSR count). The van der Waals surface area contributed by atoms with Crippen molar-refractivity contribution >= 4 is 17.6 Å². The van der Waals surface area contributed by atoms with Crippen molar-refractivity contribution in [1.82, 2.24) is 15.5 Å². The topological polar surface area (TPSA) is 127 Å². The maximum Gasteiger partial charge on any atom is 0.490 e. The van der Waals surface area contributed by atoms with Gasteiger partial charge in [0.2, 0.25) is 11.7 Å². The maximum atomic E-state index is 11.4. The Hall–Kier alpha value is -2.99. The number of aromatic nitrogens is 2. The number of nitrogens with one attached hydrogen (secondary N) is 2. The molecule has 1 aromatic heterocycles. The van der Waals surface area contributed by atoms with E-state index < -0.39 is 12.1 Å². The van der Waals surface area contributed by atoms with E-state index >= 15 is 0 Å². The van der Waals surface area contributed by atoms with Crippen molar-refractivity contribution in [2.24, 2.45) is 0 Å². The number of carbonyl (C=O) groups is 2. The maximum absolute atomic E-state index is 11.4. The molecule has 168 valence electrons. The summed E-state index contributed by atoms with van der Waals surface area (Å²) >= 11 is 0. The van der Waals surface area contributed by atoms with Crippen LogP contribution in [0.25, 0.3) is 11.4 Å². The number of carbonyl (C=O) groups excluding carboxylic acids is 1. The Morgan fingerprint density at radius 2 is 1.94 bits per heavy atom. The normalized spacial score (nSPS) is 19.3. The van der Waals surface area contributed by atoms with E-state index in [2.05, 4.69) is 20.8 Å². The van der Waals surface area contributed by atoms with Crippen LogP contribution in [0, 0.1) is 0 Å². The van der Waals surface area contributed by atoms with Crippen LogP contribution >= 0.6 is 0 Å². The van der Waals surface area contributed by atoms with Crippen molar-refractivity contribution in [1.29, 1.82) is 0 Å². The van der Waals surface area contributed by atoms with Gasteiger partial charge in [-0.1, -0.05) is 12.1 Å². The lowest BCUT2D eigenvalue weighted by molar-refractivity contribution is -0.192. The smallest absolute Gasteiger partial charge is 0.475 e. The van der Waals surface area contributed by atoms with Crippen LogP contribution in [0.3, 0.4) is 0 Å². The van der Waals surface area contributed by atoms with Crippen LogP contribution < -0.4 is 10.6 Å². The number of amides is 1. The molecule has 0 bridgehead atoms. The number of carboxylic acids is 1. The van der Waals surface area contributed by atoms with Crippen LogP contribution in [0.2, 0.25) is 0 Å². The zero-order chi connectivity index (χ0) is 22.6. The average Bonchev–Trinajstić information content (AvgIpc) is 3.35. The number of benzene rings is 1. The zero-order valence-corrected chi connectivity index (χ0v) is 16.5. The molecule has 1 aromatic carbocycles. The van der Waals surface area contributed by atoms with Gasteiger partial charge in [-0.3, -0.25) is 4.79 Å². The van der Waals surface area contributed by atoms with Gasteiger partial charge in [-0.15, -0.1) is 0 Å². The number of nitrogens with zero attached hydrogens (tertiary/aromatic N) is 2. The average molecular weight is 442 g/mol. The second-order valence-electron chi connectivity index (χ2n) is 7.17. The number of anilines is 1. The first-order valence-corrected chi connectivity index (χ1v) is 9.54. The van der Waals surface area contributed by atoms with Crippen LogP contribution in [-0.2, 0) is 14.3 Å². The van der Waals surface area contributed by atoms with Gasteiger partial charge in [-0.25, -0.2) is 4.79 Å². The van der Waals surface area contributed by atoms with Gasteiger partial charge in [0.15, 0.2) is 0 Å². The molecule has 1 amide bonds. The van der Waals surface area contributed by atoms with Gasteiger partial charge in [-0.05, 0) is 37.1 Å². The molecular formula is C19H21F3N4O5. The van der Waals surface area contributed by atoms with E-state index in [4.69, 9.17) is 19.2 Å². The van der Waals surface area contributed by atoms with E-state index in [1.165, 1.54) is 0 Å². The van der Waals surface area contributed by atoms with Gasteiger partial charge in [0.05, 0.1) is 5.60 Å². The van der Waals surface area contributed by atoms with Crippen molar-refractivity contribution in [3.05, 3.63) is 30.2 Å². The minimum absolute atomic E-state index is 0.0117. The molecule has 2 aromatic rings. The van der Waals surface area contributed by atoms with Crippen molar-refractivity contribution in [2.45, 2.75) is 44.1 Å². The fraction of sp³-hybridized carbons (Fsp3) is 0.474. The lowest BCUT2D eigenvalue weighted by Crippen LogP contribution is -2.58. The highest BCUT2D eigenvalue weighted by Crippen LogP contribution is 2.41. The first-order chi connectivity index (χ1) is 14.6. The van der Waals surface area contributed by atoms with Crippen LogP contribution in [0.1, 0.15) is 38.2 Å². The Morgan fingerprint density at radius 1 is 1.29 bits per heavy atom. The second-order valence-corrected chi connectivity index (χ2v) is 7.17. The van der Waals surface area contributed by atoms with Gasteiger partial charge in [-0.2, -0.15) is 18.2 Å². The monoisotopic (exact) mass is 442 g/mol. The van der Waals surface area contributed by atoms with Crippen LogP contribution in [0.5, 0.6) is 0 Å². The molecule has 9 nitrogen and oxygen atoms in total. The molecule has 1 atom stereocenters. The van der Waals surface area contributed by atoms with E-state index in [1.807, 2.05) is 31.2 Å². The fourth-order valence-electron chi connectivity index (χ4n) is 3.09.